The van der Waals surface area contributed by atoms with E-state index in [0.29, 0.717) is 11.3 Å². The Morgan fingerprint density at radius 1 is 1.38 bits per heavy atom. The van der Waals surface area contributed by atoms with Crippen LogP contribution in [0.3, 0.4) is 0 Å². The fraction of sp³-hybridized carbons (Fsp3) is 0.278. The highest BCUT2D eigenvalue weighted by molar-refractivity contribution is 7.71. The Kier molecular flexibility index (Phi) is 4.71. The molecule has 0 fully saturated rings. The third kappa shape index (κ3) is 3.48. The van der Waals surface area contributed by atoms with Gasteiger partial charge in [0, 0.05) is 48.4 Å². The summed E-state index contributed by atoms with van der Waals surface area (Å²) < 4.78 is 5.68. The highest BCUT2D eigenvalue weighted by atomic mass is 32.1. The van der Waals surface area contributed by atoms with Crippen LogP contribution < -0.4 is 10.3 Å². The molecule has 0 aliphatic carbocycles. The average Bonchev–Trinajstić information content (AvgIpc) is 3.11. The van der Waals surface area contributed by atoms with Crippen molar-refractivity contribution in [2.75, 3.05) is 13.7 Å². The molecule has 1 aliphatic rings. The third-order valence-electron chi connectivity index (χ3n) is 4.44. The lowest BCUT2D eigenvalue weighted by molar-refractivity contribution is 0.243. The summed E-state index contributed by atoms with van der Waals surface area (Å²) in [4.78, 5) is 25.9. The first-order chi connectivity index (χ1) is 12.6. The SMILES string of the molecule is COc1cccc(-c2ncc(CN3CCc4[nH]c(=S)[nH]c(=O)c4C3)s2)c1. The number of hydrogen-bond acceptors (Lipinski definition) is 6. The highest BCUT2D eigenvalue weighted by Gasteiger charge is 2.20. The van der Waals surface area contributed by atoms with Crippen molar-refractivity contribution in [3.63, 3.8) is 0 Å². The van der Waals surface area contributed by atoms with Crippen LogP contribution in [0.4, 0.5) is 0 Å². The van der Waals surface area contributed by atoms with Gasteiger partial charge in [-0.1, -0.05) is 12.1 Å². The van der Waals surface area contributed by atoms with Gasteiger partial charge in [0.15, 0.2) is 4.77 Å². The van der Waals surface area contributed by atoms with Gasteiger partial charge in [-0.15, -0.1) is 11.3 Å². The Labute approximate surface area is 159 Å². The fourth-order valence-electron chi connectivity index (χ4n) is 3.14. The summed E-state index contributed by atoms with van der Waals surface area (Å²) in [5.41, 5.74) is 2.70. The molecule has 0 spiro atoms. The highest BCUT2D eigenvalue weighted by Crippen LogP contribution is 2.29. The summed E-state index contributed by atoms with van der Waals surface area (Å²) in [7, 11) is 1.66. The molecule has 0 bridgehead atoms. The van der Waals surface area contributed by atoms with Crippen LogP contribution in [0.25, 0.3) is 10.6 Å². The molecule has 0 saturated carbocycles. The molecule has 8 heteroatoms. The zero-order chi connectivity index (χ0) is 18.1. The first kappa shape index (κ1) is 17.1. The molecular formula is C18H18N4O2S2. The molecule has 0 radical (unpaired) electrons. The Balaban J connectivity index is 1.51. The molecule has 0 unspecified atom stereocenters. The Bertz CT molecular complexity index is 1050. The molecule has 2 aromatic heterocycles. The summed E-state index contributed by atoms with van der Waals surface area (Å²) >= 11 is 6.71. The van der Waals surface area contributed by atoms with Crippen molar-refractivity contribution in [2.24, 2.45) is 0 Å². The second-order valence-corrected chi connectivity index (χ2v) is 7.71. The van der Waals surface area contributed by atoms with Crippen LogP contribution in [0.2, 0.25) is 0 Å². The van der Waals surface area contributed by atoms with Crippen molar-refractivity contribution in [1.29, 1.82) is 0 Å². The van der Waals surface area contributed by atoms with Gasteiger partial charge in [-0.2, -0.15) is 0 Å². The number of aromatic nitrogens is 3. The monoisotopic (exact) mass is 386 g/mol. The first-order valence-corrected chi connectivity index (χ1v) is 9.50. The third-order valence-corrected chi connectivity index (χ3v) is 5.67. The minimum Gasteiger partial charge on any atom is -0.497 e. The second-order valence-electron chi connectivity index (χ2n) is 6.19. The number of hydrogen-bond donors (Lipinski definition) is 2. The van der Waals surface area contributed by atoms with Crippen LogP contribution in [0.5, 0.6) is 5.75 Å². The van der Waals surface area contributed by atoms with Crippen molar-refractivity contribution in [1.82, 2.24) is 19.9 Å². The van der Waals surface area contributed by atoms with E-state index < -0.39 is 0 Å². The lowest BCUT2D eigenvalue weighted by Crippen LogP contribution is -2.35. The van der Waals surface area contributed by atoms with Gasteiger partial charge in [0.2, 0.25) is 0 Å². The number of nitrogens with one attached hydrogen (secondary N) is 2. The van der Waals surface area contributed by atoms with E-state index in [1.54, 1.807) is 18.4 Å². The molecule has 6 nitrogen and oxygen atoms in total. The molecule has 3 heterocycles. The van der Waals surface area contributed by atoms with E-state index in [1.165, 1.54) is 4.88 Å². The molecule has 2 N–H and O–H groups in total. The number of nitrogens with zero attached hydrogens (tertiary/aromatic N) is 2. The van der Waals surface area contributed by atoms with Crippen LogP contribution in [-0.2, 0) is 19.5 Å². The van der Waals surface area contributed by atoms with Gasteiger partial charge in [-0.05, 0) is 24.4 Å². The van der Waals surface area contributed by atoms with Gasteiger partial charge in [-0.25, -0.2) is 4.98 Å². The first-order valence-electron chi connectivity index (χ1n) is 8.28. The molecule has 1 aromatic carbocycles. The van der Waals surface area contributed by atoms with Gasteiger partial charge in [0.25, 0.3) is 5.56 Å². The molecule has 0 atom stereocenters. The number of H-pyrrole nitrogens is 2. The molecule has 0 saturated heterocycles. The molecule has 134 valence electrons. The van der Waals surface area contributed by atoms with Crippen LogP contribution in [0.1, 0.15) is 16.1 Å². The summed E-state index contributed by atoms with van der Waals surface area (Å²) in [5, 5.41) is 0.971. The number of methoxy groups -OCH3 is 1. The predicted octanol–water partition coefficient (Wildman–Crippen LogP) is 3.12. The Morgan fingerprint density at radius 3 is 3.12 bits per heavy atom. The van der Waals surface area contributed by atoms with Gasteiger partial charge < -0.3 is 9.72 Å². The lowest BCUT2D eigenvalue weighted by atomic mass is 10.1. The van der Waals surface area contributed by atoms with E-state index in [2.05, 4.69) is 19.9 Å². The van der Waals surface area contributed by atoms with E-state index in [1.807, 2.05) is 30.5 Å². The van der Waals surface area contributed by atoms with Crippen molar-refractivity contribution >= 4 is 23.6 Å². The quantitative estimate of drug-likeness (QED) is 0.674. The van der Waals surface area contributed by atoms with E-state index >= 15 is 0 Å². The van der Waals surface area contributed by atoms with Gasteiger partial charge >= 0.3 is 0 Å². The maximum Gasteiger partial charge on any atom is 0.256 e. The van der Waals surface area contributed by atoms with E-state index in [9.17, 15) is 4.79 Å². The largest absolute Gasteiger partial charge is 0.497 e. The van der Waals surface area contributed by atoms with Crippen molar-refractivity contribution < 1.29 is 4.74 Å². The maximum absolute atomic E-state index is 12.1. The van der Waals surface area contributed by atoms with E-state index in [4.69, 9.17) is 17.0 Å². The second kappa shape index (κ2) is 7.14. The van der Waals surface area contributed by atoms with E-state index in [0.717, 1.165) is 47.1 Å². The summed E-state index contributed by atoms with van der Waals surface area (Å²) in [6.45, 7) is 2.27. The Hall–Kier alpha value is -2.29. The maximum atomic E-state index is 12.1. The van der Waals surface area contributed by atoms with Crippen LogP contribution >= 0.6 is 23.6 Å². The number of thiazole rings is 1. The Morgan fingerprint density at radius 2 is 2.27 bits per heavy atom. The lowest BCUT2D eigenvalue weighted by Gasteiger charge is -2.27. The van der Waals surface area contributed by atoms with Crippen molar-refractivity contribution in [2.45, 2.75) is 19.5 Å². The number of ether oxygens (including phenoxy) is 1. The number of benzene rings is 1. The van der Waals surface area contributed by atoms with Crippen molar-refractivity contribution in [3.05, 3.63) is 61.7 Å². The predicted molar refractivity (Wildman–Crippen MR) is 104 cm³/mol. The minimum absolute atomic E-state index is 0.0881. The zero-order valence-electron chi connectivity index (χ0n) is 14.2. The van der Waals surface area contributed by atoms with Gasteiger partial charge in [0.05, 0.1) is 12.7 Å². The standard InChI is InChI=1S/C18H18N4O2S2/c1-24-12-4-2-3-11(7-12)17-19-8-13(26-17)9-22-6-5-15-14(10-22)16(23)21-18(25)20-15/h2-4,7-8H,5-6,9-10H2,1H3,(H2,20,21,23,25). The molecular weight excluding hydrogens is 368 g/mol. The molecule has 1 aliphatic heterocycles. The fourth-order valence-corrected chi connectivity index (χ4v) is 4.31. The van der Waals surface area contributed by atoms with E-state index in [-0.39, 0.29) is 5.56 Å². The molecule has 4 rings (SSSR count). The summed E-state index contributed by atoms with van der Waals surface area (Å²) in [6.07, 6.45) is 2.71. The van der Waals surface area contributed by atoms with Crippen molar-refractivity contribution in [3.8, 4) is 16.3 Å². The van der Waals surface area contributed by atoms with Crippen LogP contribution in [-0.4, -0.2) is 33.5 Å². The zero-order valence-corrected chi connectivity index (χ0v) is 15.9. The van der Waals surface area contributed by atoms with Crippen LogP contribution in [0, 0.1) is 4.77 Å². The van der Waals surface area contributed by atoms with Gasteiger partial charge in [0.1, 0.15) is 10.8 Å². The average molecular weight is 387 g/mol. The smallest absolute Gasteiger partial charge is 0.256 e. The molecule has 0 amide bonds. The summed E-state index contributed by atoms with van der Waals surface area (Å²) in [5.74, 6) is 0.823. The minimum atomic E-state index is -0.0881. The topological polar surface area (TPSA) is 74.0 Å². The summed E-state index contributed by atoms with van der Waals surface area (Å²) in [6, 6.07) is 7.91. The normalized spacial score (nSPS) is 14.2. The number of fused-ring (bicyclic) bond motifs is 1. The van der Waals surface area contributed by atoms with Crippen LogP contribution in [0.15, 0.2) is 35.3 Å². The number of aromatic amines is 2. The molecule has 3 aromatic rings. The molecule has 26 heavy (non-hydrogen) atoms. The number of rotatable bonds is 4. The van der Waals surface area contributed by atoms with Gasteiger partial charge in [-0.3, -0.25) is 14.7 Å².